The Morgan fingerprint density at radius 3 is 2.53 bits per heavy atom. The molecule has 1 atom stereocenters. The summed E-state index contributed by atoms with van der Waals surface area (Å²) in [4.78, 5) is 6.87. The molecule has 4 rings (SSSR count). The molecule has 2 fully saturated rings. The number of nitrogens with zero attached hydrogens (tertiary/aromatic N) is 3. The van der Waals surface area contributed by atoms with Crippen molar-refractivity contribution in [1.82, 2.24) is 9.80 Å². The largest absolute Gasteiger partial charge is 0.508 e. The maximum atomic E-state index is 13.0. The molecular weight excluding hydrogens is 419 g/mol. The number of ether oxygens (including phenoxy) is 1. The number of alkyl halides is 3. The van der Waals surface area contributed by atoms with Gasteiger partial charge in [-0.3, -0.25) is 9.80 Å². The smallest absolute Gasteiger partial charge is 0.416 e. The highest BCUT2D eigenvalue weighted by Gasteiger charge is 2.32. The molecule has 0 spiro atoms. The molecule has 2 aliphatic rings. The van der Waals surface area contributed by atoms with Crippen LogP contribution < -0.4 is 9.64 Å². The van der Waals surface area contributed by atoms with Crippen LogP contribution in [0.15, 0.2) is 42.5 Å². The molecular formula is C24H30F3N3O2. The normalized spacial score (nSPS) is 21.0. The Labute approximate surface area is 187 Å². The maximum Gasteiger partial charge on any atom is 0.416 e. The molecule has 0 aliphatic carbocycles. The number of phenols is 1. The van der Waals surface area contributed by atoms with Gasteiger partial charge in [0.05, 0.1) is 12.7 Å². The summed E-state index contributed by atoms with van der Waals surface area (Å²) >= 11 is 0. The molecule has 5 nitrogen and oxygen atoms in total. The molecule has 8 heteroatoms. The molecule has 32 heavy (non-hydrogen) atoms. The molecule has 0 aromatic heterocycles. The van der Waals surface area contributed by atoms with E-state index in [0.29, 0.717) is 31.4 Å². The van der Waals surface area contributed by atoms with Crippen molar-refractivity contribution >= 4 is 5.69 Å². The van der Waals surface area contributed by atoms with Crippen molar-refractivity contribution in [2.24, 2.45) is 0 Å². The Hall–Kier alpha value is -2.45. The first-order chi connectivity index (χ1) is 15.3. The highest BCUT2D eigenvalue weighted by molar-refractivity contribution is 5.49. The lowest BCUT2D eigenvalue weighted by molar-refractivity contribution is -0.137. The number of likely N-dealkylation sites (tertiary alicyclic amines) is 1. The second-order valence-corrected chi connectivity index (χ2v) is 8.60. The molecule has 0 bridgehead atoms. The fourth-order valence-electron chi connectivity index (χ4n) is 4.75. The minimum atomic E-state index is -4.32. The van der Waals surface area contributed by atoms with Crippen LogP contribution in [0.1, 0.15) is 24.0 Å². The van der Waals surface area contributed by atoms with Gasteiger partial charge in [-0.05, 0) is 55.8 Å². The SMILES string of the molecule is COc1ccc(O)c(CN2CCC[C@H](N3CCN(c4cccc(C(F)(F)F)c4)CC3)C2)c1. The van der Waals surface area contributed by atoms with Gasteiger partial charge in [0.15, 0.2) is 0 Å². The number of rotatable bonds is 5. The van der Waals surface area contributed by atoms with Gasteiger partial charge in [0.1, 0.15) is 11.5 Å². The summed E-state index contributed by atoms with van der Waals surface area (Å²) in [7, 11) is 1.62. The predicted octanol–water partition coefficient (Wildman–Crippen LogP) is 4.21. The third kappa shape index (κ3) is 5.30. The number of benzene rings is 2. The van der Waals surface area contributed by atoms with E-state index in [1.807, 2.05) is 11.0 Å². The van der Waals surface area contributed by atoms with E-state index in [2.05, 4.69) is 9.80 Å². The molecule has 174 valence electrons. The standard InChI is InChI=1S/C24H30F3N3O2/c1-32-22-7-8-23(31)18(14-22)16-28-9-3-6-21(17-28)30-12-10-29(11-13-30)20-5-2-4-19(15-20)24(25,26)27/h2,4-5,7-8,14-15,21,31H,3,6,9-13,16-17H2,1H3/t21-/m0/s1. The molecule has 0 radical (unpaired) electrons. The van der Waals surface area contributed by atoms with Gasteiger partial charge < -0.3 is 14.7 Å². The monoisotopic (exact) mass is 449 g/mol. The Morgan fingerprint density at radius 1 is 1.03 bits per heavy atom. The zero-order chi connectivity index (χ0) is 22.7. The van der Waals surface area contributed by atoms with Gasteiger partial charge in [0, 0.05) is 56.6 Å². The summed E-state index contributed by atoms with van der Waals surface area (Å²) in [6.45, 7) is 5.67. The fourth-order valence-corrected chi connectivity index (χ4v) is 4.75. The average molecular weight is 450 g/mol. The van der Waals surface area contributed by atoms with Gasteiger partial charge in [-0.1, -0.05) is 6.07 Å². The van der Waals surface area contributed by atoms with Crippen molar-refractivity contribution in [3.05, 3.63) is 53.6 Å². The summed E-state index contributed by atoms with van der Waals surface area (Å²) in [6.07, 6.45) is -2.12. The topological polar surface area (TPSA) is 39.2 Å². The van der Waals surface area contributed by atoms with Crippen LogP contribution in [0.5, 0.6) is 11.5 Å². The first-order valence-corrected chi connectivity index (χ1v) is 11.1. The third-order valence-corrected chi connectivity index (χ3v) is 6.53. The van der Waals surface area contributed by atoms with Gasteiger partial charge in [0.2, 0.25) is 0 Å². The second kappa shape index (κ2) is 9.58. The van der Waals surface area contributed by atoms with E-state index >= 15 is 0 Å². The van der Waals surface area contributed by atoms with Crippen LogP contribution >= 0.6 is 0 Å². The van der Waals surface area contributed by atoms with Crippen molar-refractivity contribution < 1.29 is 23.0 Å². The fraction of sp³-hybridized carbons (Fsp3) is 0.500. The number of aromatic hydroxyl groups is 1. The van der Waals surface area contributed by atoms with Crippen molar-refractivity contribution in [2.45, 2.75) is 31.6 Å². The first kappa shape index (κ1) is 22.7. The molecule has 0 unspecified atom stereocenters. The van der Waals surface area contributed by atoms with Gasteiger partial charge in [-0.15, -0.1) is 0 Å². The maximum absolute atomic E-state index is 13.0. The number of methoxy groups -OCH3 is 1. The Morgan fingerprint density at radius 2 is 1.81 bits per heavy atom. The lowest BCUT2D eigenvalue weighted by Crippen LogP contribution is -2.55. The van der Waals surface area contributed by atoms with Gasteiger partial charge in [-0.25, -0.2) is 0 Å². The Kier molecular flexibility index (Phi) is 6.81. The zero-order valence-corrected chi connectivity index (χ0v) is 18.3. The minimum Gasteiger partial charge on any atom is -0.508 e. The summed E-state index contributed by atoms with van der Waals surface area (Å²) in [5, 5.41) is 10.2. The van der Waals surface area contributed by atoms with Crippen LogP contribution in [0, 0.1) is 0 Å². The van der Waals surface area contributed by atoms with Crippen LogP contribution in [-0.4, -0.2) is 67.3 Å². The summed E-state index contributed by atoms with van der Waals surface area (Å²) < 4.78 is 44.4. The number of hydrogen-bond donors (Lipinski definition) is 1. The van der Waals surface area contributed by atoms with Crippen LogP contribution in [0.2, 0.25) is 0 Å². The summed E-state index contributed by atoms with van der Waals surface area (Å²) in [6, 6.07) is 11.3. The number of hydrogen-bond acceptors (Lipinski definition) is 5. The molecule has 2 aromatic rings. The molecule has 2 saturated heterocycles. The van der Waals surface area contributed by atoms with Crippen molar-refractivity contribution in [3.63, 3.8) is 0 Å². The van der Waals surface area contributed by atoms with E-state index in [-0.39, 0.29) is 5.75 Å². The van der Waals surface area contributed by atoms with E-state index in [1.54, 1.807) is 25.3 Å². The lowest BCUT2D eigenvalue weighted by Gasteiger charge is -2.44. The summed E-state index contributed by atoms with van der Waals surface area (Å²) in [5.74, 6) is 1.01. The third-order valence-electron chi connectivity index (χ3n) is 6.53. The highest BCUT2D eigenvalue weighted by atomic mass is 19.4. The molecule has 0 amide bonds. The number of phenolic OH excluding ortho intramolecular Hbond substituents is 1. The van der Waals surface area contributed by atoms with E-state index in [1.165, 1.54) is 12.1 Å². The molecule has 2 heterocycles. The van der Waals surface area contributed by atoms with Gasteiger partial charge >= 0.3 is 6.18 Å². The Balaban J connectivity index is 1.34. The molecule has 2 aromatic carbocycles. The summed E-state index contributed by atoms with van der Waals surface area (Å²) in [5.41, 5.74) is 0.902. The number of piperazine rings is 1. The predicted molar refractivity (Wildman–Crippen MR) is 118 cm³/mol. The van der Waals surface area contributed by atoms with Crippen LogP contribution in [0.25, 0.3) is 0 Å². The minimum absolute atomic E-state index is 0.280. The van der Waals surface area contributed by atoms with Crippen molar-refractivity contribution in [1.29, 1.82) is 0 Å². The zero-order valence-electron chi connectivity index (χ0n) is 18.3. The quantitative estimate of drug-likeness (QED) is 0.741. The highest BCUT2D eigenvalue weighted by Crippen LogP contribution is 2.32. The van der Waals surface area contributed by atoms with Gasteiger partial charge in [0.25, 0.3) is 0 Å². The average Bonchev–Trinajstić information content (AvgIpc) is 2.80. The Bertz CT molecular complexity index is 914. The molecule has 1 N–H and O–H groups in total. The van der Waals surface area contributed by atoms with Crippen LogP contribution in [-0.2, 0) is 12.7 Å². The molecule has 0 saturated carbocycles. The second-order valence-electron chi connectivity index (χ2n) is 8.60. The van der Waals surface area contributed by atoms with Crippen molar-refractivity contribution in [3.8, 4) is 11.5 Å². The van der Waals surface area contributed by atoms with Crippen LogP contribution in [0.4, 0.5) is 18.9 Å². The number of piperidine rings is 1. The lowest BCUT2D eigenvalue weighted by atomic mass is 10.0. The first-order valence-electron chi connectivity index (χ1n) is 11.1. The van der Waals surface area contributed by atoms with E-state index < -0.39 is 11.7 Å². The van der Waals surface area contributed by atoms with E-state index in [0.717, 1.165) is 56.4 Å². The number of halogens is 3. The van der Waals surface area contributed by atoms with Crippen molar-refractivity contribution in [2.75, 3.05) is 51.3 Å². The van der Waals surface area contributed by atoms with E-state index in [9.17, 15) is 18.3 Å². The number of anilines is 1. The van der Waals surface area contributed by atoms with Crippen LogP contribution in [0.3, 0.4) is 0 Å². The van der Waals surface area contributed by atoms with Gasteiger partial charge in [-0.2, -0.15) is 13.2 Å². The van der Waals surface area contributed by atoms with E-state index in [4.69, 9.17) is 4.74 Å². The molecule has 2 aliphatic heterocycles.